The molecule has 25 heavy (non-hydrogen) atoms. The van der Waals surface area contributed by atoms with E-state index in [1.54, 1.807) is 18.2 Å². The number of carbonyl (C=O) groups is 1. The van der Waals surface area contributed by atoms with E-state index in [4.69, 9.17) is 0 Å². The second-order valence-corrected chi connectivity index (χ2v) is 7.54. The summed E-state index contributed by atoms with van der Waals surface area (Å²) in [6.45, 7) is 3.38. The van der Waals surface area contributed by atoms with Crippen molar-refractivity contribution < 1.29 is 17.6 Å². The fraction of sp³-hybridized carbons (Fsp3) is 0.278. The van der Waals surface area contributed by atoms with Crippen LogP contribution in [-0.2, 0) is 14.8 Å². The second-order valence-electron chi connectivity index (χ2n) is 5.68. The molecule has 5 nitrogen and oxygen atoms in total. The number of anilines is 1. The highest BCUT2D eigenvalue weighted by Gasteiger charge is 2.27. The van der Waals surface area contributed by atoms with E-state index < -0.39 is 21.7 Å². The number of amides is 1. The van der Waals surface area contributed by atoms with Crippen molar-refractivity contribution in [2.45, 2.75) is 31.2 Å². The minimum Gasteiger partial charge on any atom is -0.352 e. The molecule has 0 saturated heterocycles. The third-order valence-corrected chi connectivity index (χ3v) is 5.54. The standard InChI is InChI=1S/C18H21FN2O3S/c1-3-14(2)20-18(22)13-21(16-11-9-15(19)10-12-16)25(23,24)17-7-5-4-6-8-17/h4-12,14H,3,13H2,1-2H3,(H,20,22). The van der Waals surface area contributed by atoms with Gasteiger partial charge < -0.3 is 5.32 Å². The Balaban J connectivity index is 2.39. The van der Waals surface area contributed by atoms with E-state index in [9.17, 15) is 17.6 Å². The molecule has 0 aliphatic carbocycles. The number of carbonyl (C=O) groups excluding carboxylic acids is 1. The van der Waals surface area contributed by atoms with Gasteiger partial charge in [0.25, 0.3) is 10.0 Å². The largest absolute Gasteiger partial charge is 0.352 e. The van der Waals surface area contributed by atoms with Crippen LogP contribution in [0.2, 0.25) is 0 Å². The van der Waals surface area contributed by atoms with Crippen LogP contribution in [0, 0.1) is 5.82 Å². The lowest BCUT2D eigenvalue weighted by Gasteiger charge is -2.25. The predicted octanol–water partition coefficient (Wildman–Crippen LogP) is 2.94. The number of nitrogens with one attached hydrogen (secondary N) is 1. The normalized spacial score (nSPS) is 12.4. The molecule has 0 heterocycles. The first-order valence-corrected chi connectivity index (χ1v) is 9.41. The first-order valence-electron chi connectivity index (χ1n) is 7.97. The molecule has 2 rings (SSSR count). The average Bonchev–Trinajstić information content (AvgIpc) is 2.61. The summed E-state index contributed by atoms with van der Waals surface area (Å²) in [5.41, 5.74) is 0.226. The molecule has 0 bridgehead atoms. The van der Waals surface area contributed by atoms with Crippen LogP contribution in [0.25, 0.3) is 0 Å². The number of halogens is 1. The van der Waals surface area contributed by atoms with Gasteiger partial charge in [0.05, 0.1) is 10.6 Å². The van der Waals surface area contributed by atoms with Crippen LogP contribution in [0.3, 0.4) is 0 Å². The minimum atomic E-state index is -3.95. The van der Waals surface area contributed by atoms with Gasteiger partial charge in [-0.15, -0.1) is 0 Å². The summed E-state index contributed by atoms with van der Waals surface area (Å²) in [5.74, 6) is -0.900. The average molecular weight is 364 g/mol. The van der Waals surface area contributed by atoms with Crippen LogP contribution in [0.5, 0.6) is 0 Å². The summed E-state index contributed by atoms with van der Waals surface area (Å²) in [6.07, 6.45) is 0.730. The van der Waals surface area contributed by atoms with Crippen molar-refractivity contribution in [1.82, 2.24) is 5.32 Å². The molecule has 134 valence electrons. The highest BCUT2D eigenvalue weighted by molar-refractivity contribution is 7.92. The van der Waals surface area contributed by atoms with Gasteiger partial charge in [-0.1, -0.05) is 25.1 Å². The maximum Gasteiger partial charge on any atom is 0.264 e. The zero-order chi connectivity index (χ0) is 18.4. The molecule has 2 aromatic rings. The Morgan fingerprint density at radius 3 is 2.28 bits per heavy atom. The Labute approximate surface area is 147 Å². The lowest BCUT2D eigenvalue weighted by Crippen LogP contribution is -2.43. The first kappa shape index (κ1) is 18.9. The zero-order valence-corrected chi connectivity index (χ0v) is 15.0. The SMILES string of the molecule is CCC(C)NC(=O)CN(c1ccc(F)cc1)S(=O)(=O)c1ccccc1. The maximum absolute atomic E-state index is 13.2. The highest BCUT2D eigenvalue weighted by Crippen LogP contribution is 2.23. The van der Waals surface area contributed by atoms with Crippen LogP contribution in [0.4, 0.5) is 10.1 Å². The molecular weight excluding hydrogens is 343 g/mol. The van der Waals surface area contributed by atoms with Gasteiger partial charge in [0.1, 0.15) is 12.4 Å². The summed E-state index contributed by atoms with van der Waals surface area (Å²) >= 11 is 0. The van der Waals surface area contributed by atoms with Crippen LogP contribution in [0.15, 0.2) is 59.5 Å². The van der Waals surface area contributed by atoms with Crippen molar-refractivity contribution in [2.75, 3.05) is 10.8 Å². The van der Waals surface area contributed by atoms with Gasteiger partial charge in [-0.3, -0.25) is 9.10 Å². The molecule has 2 aromatic carbocycles. The molecule has 0 saturated carbocycles. The quantitative estimate of drug-likeness (QED) is 0.821. The summed E-state index contributed by atoms with van der Waals surface area (Å²) < 4.78 is 40.1. The number of nitrogens with zero attached hydrogens (tertiary/aromatic N) is 1. The Kier molecular flexibility index (Phi) is 6.14. The third kappa shape index (κ3) is 4.79. The fourth-order valence-electron chi connectivity index (χ4n) is 2.20. The predicted molar refractivity (Wildman–Crippen MR) is 95.3 cm³/mol. The molecule has 0 radical (unpaired) electrons. The van der Waals surface area contributed by atoms with E-state index in [-0.39, 0.29) is 23.2 Å². The minimum absolute atomic E-state index is 0.0654. The third-order valence-electron chi connectivity index (χ3n) is 3.75. The molecule has 0 spiro atoms. The van der Waals surface area contributed by atoms with Gasteiger partial charge >= 0.3 is 0 Å². The molecule has 0 aliphatic rings. The van der Waals surface area contributed by atoms with Crippen molar-refractivity contribution in [3.63, 3.8) is 0 Å². The molecule has 1 atom stereocenters. The Morgan fingerprint density at radius 1 is 1.12 bits per heavy atom. The van der Waals surface area contributed by atoms with Gasteiger partial charge in [-0.05, 0) is 49.7 Å². The summed E-state index contributed by atoms with van der Waals surface area (Å²) in [7, 11) is -3.95. The van der Waals surface area contributed by atoms with Gasteiger partial charge in [-0.25, -0.2) is 12.8 Å². The van der Waals surface area contributed by atoms with Gasteiger partial charge in [0.2, 0.25) is 5.91 Å². The molecule has 1 N–H and O–H groups in total. The van der Waals surface area contributed by atoms with E-state index in [0.29, 0.717) is 0 Å². The number of rotatable bonds is 7. The molecule has 0 aliphatic heterocycles. The molecule has 0 fully saturated rings. The zero-order valence-electron chi connectivity index (χ0n) is 14.1. The van der Waals surface area contributed by atoms with Crippen LogP contribution < -0.4 is 9.62 Å². The summed E-state index contributed by atoms with van der Waals surface area (Å²) in [4.78, 5) is 12.3. The topological polar surface area (TPSA) is 66.5 Å². The summed E-state index contributed by atoms with van der Waals surface area (Å²) in [6, 6.07) is 12.8. The van der Waals surface area contributed by atoms with Crippen LogP contribution in [0.1, 0.15) is 20.3 Å². The van der Waals surface area contributed by atoms with Crippen LogP contribution >= 0.6 is 0 Å². The highest BCUT2D eigenvalue weighted by atomic mass is 32.2. The molecule has 1 amide bonds. The number of sulfonamides is 1. The second kappa shape index (κ2) is 8.11. The first-order chi connectivity index (χ1) is 11.8. The Hall–Kier alpha value is -2.41. The van der Waals surface area contributed by atoms with E-state index in [0.717, 1.165) is 22.9 Å². The number of hydrogen-bond donors (Lipinski definition) is 1. The molecule has 0 aromatic heterocycles. The van der Waals surface area contributed by atoms with E-state index in [1.165, 1.54) is 24.3 Å². The number of benzene rings is 2. The van der Waals surface area contributed by atoms with Crippen LogP contribution in [-0.4, -0.2) is 26.9 Å². The van der Waals surface area contributed by atoms with E-state index in [2.05, 4.69) is 5.32 Å². The maximum atomic E-state index is 13.2. The molecule has 7 heteroatoms. The van der Waals surface area contributed by atoms with Crippen molar-refractivity contribution >= 4 is 21.6 Å². The van der Waals surface area contributed by atoms with Gasteiger partial charge in [-0.2, -0.15) is 0 Å². The van der Waals surface area contributed by atoms with E-state index in [1.807, 2.05) is 13.8 Å². The fourth-order valence-corrected chi connectivity index (χ4v) is 3.64. The summed E-state index contributed by atoms with van der Waals surface area (Å²) in [5, 5.41) is 2.75. The Bertz CT molecular complexity index is 808. The van der Waals surface area contributed by atoms with Crippen molar-refractivity contribution in [3.8, 4) is 0 Å². The van der Waals surface area contributed by atoms with Gasteiger partial charge in [0, 0.05) is 6.04 Å². The lowest BCUT2D eigenvalue weighted by atomic mass is 10.2. The van der Waals surface area contributed by atoms with E-state index >= 15 is 0 Å². The monoisotopic (exact) mass is 364 g/mol. The smallest absolute Gasteiger partial charge is 0.264 e. The van der Waals surface area contributed by atoms with Crippen molar-refractivity contribution in [3.05, 3.63) is 60.4 Å². The Morgan fingerprint density at radius 2 is 1.72 bits per heavy atom. The number of hydrogen-bond acceptors (Lipinski definition) is 3. The van der Waals surface area contributed by atoms with Gasteiger partial charge in [0.15, 0.2) is 0 Å². The lowest BCUT2D eigenvalue weighted by molar-refractivity contribution is -0.120. The molecule has 1 unspecified atom stereocenters. The van der Waals surface area contributed by atoms with Crippen molar-refractivity contribution in [2.24, 2.45) is 0 Å². The van der Waals surface area contributed by atoms with Crippen molar-refractivity contribution in [1.29, 1.82) is 0 Å². The molecular formula is C18H21FN2O3S.